The predicted octanol–water partition coefficient (Wildman–Crippen LogP) is 1.22. The minimum atomic E-state index is 1.25. The summed E-state index contributed by atoms with van der Waals surface area (Å²) in [7, 11) is 0. The first kappa shape index (κ1) is 7.14. The summed E-state index contributed by atoms with van der Waals surface area (Å²) in [5, 5.41) is 5.99. The Labute approximate surface area is 49.1 Å². The SMILES string of the molecule is CCC.c1nc[nH]n1. The highest BCUT2D eigenvalue weighted by atomic mass is 15.2. The molecule has 3 heteroatoms. The number of nitrogens with zero attached hydrogens (tertiary/aromatic N) is 2. The van der Waals surface area contributed by atoms with Crippen LogP contribution >= 0.6 is 0 Å². The molecule has 1 aromatic heterocycles. The number of hydrogen-bond acceptors (Lipinski definition) is 2. The number of aromatic nitrogens is 3. The van der Waals surface area contributed by atoms with Gasteiger partial charge in [0.2, 0.25) is 0 Å². The standard InChI is InChI=1S/C3H8.C2H3N3/c1-3-2;1-3-2-5-4-1/h3H2,1-2H3;1-2H,(H,3,4,5). The molecule has 0 atom stereocenters. The maximum atomic E-state index is 3.56. The molecule has 0 saturated carbocycles. The minimum absolute atomic E-state index is 1.25. The van der Waals surface area contributed by atoms with Crippen molar-refractivity contribution in [3.05, 3.63) is 12.7 Å². The van der Waals surface area contributed by atoms with E-state index < -0.39 is 0 Å². The third-order valence-electron chi connectivity index (χ3n) is 0.331. The molecule has 0 unspecified atom stereocenters. The number of aromatic amines is 1. The van der Waals surface area contributed by atoms with E-state index in [1.165, 1.54) is 19.1 Å². The summed E-state index contributed by atoms with van der Waals surface area (Å²) in [5.41, 5.74) is 0. The molecule has 0 saturated heterocycles. The molecule has 0 aliphatic carbocycles. The zero-order valence-corrected chi connectivity index (χ0v) is 5.26. The van der Waals surface area contributed by atoms with Crippen molar-refractivity contribution in [2.75, 3.05) is 0 Å². The minimum Gasteiger partial charge on any atom is -0.266 e. The number of H-pyrrole nitrogens is 1. The van der Waals surface area contributed by atoms with Crippen molar-refractivity contribution in [3.63, 3.8) is 0 Å². The lowest BCUT2D eigenvalue weighted by Crippen LogP contribution is -1.53. The van der Waals surface area contributed by atoms with Gasteiger partial charge in [0, 0.05) is 0 Å². The second-order valence-corrected chi connectivity index (χ2v) is 1.36. The Morgan fingerprint density at radius 1 is 1.50 bits per heavy atom. The van der Waals surface area contributed by atoms with Crippen LogP contribution in [-0.4, -0.2) is 15.2 Å². The first-order valence-corrected chi connectivity index (χ1v) is 2.70. The number of rotatable bonds is 0. The molecule has 0 bridgehead atoms. The van der Waals surface area contributed by atoms with E-state index in [2.05, 4.69) is 29.0 Å². The monoisotopic (exact) mass is 113 g/mol. The summed E-state index contributed by atoms with van der Waals surface area (Å²) in [6.07, 6.45) is 4.21. The summed E-state index contributed by atoms with van der Waals surface area (Å²) in [6.45, 7) is 4.25. The van der Waals surface area contributed by atoms with Crippen LogP contribution in [0, 0.1) is 0 Å². The molecule has 0 fully saturated rings. The molecule has 1 heterocycles. The van der Waals surface area contributed by atoms with Crippen molar-refractivity contribution in [2.24, 2.45) is 0 Å². The van der Waals surface area contributed by atoms with Crippen LogP contribution in [0.2, 0.25) is 0 Å². The van der Waals surface area contributed by atoms with Gasteiger partial charge in [0.05, 0.1) is 0 Å². The van der Waals surface area contributed by atoms with Crippen molar-refractivity contribution in [3.8, 4) is 0 Å². The third-order valence-corrected chi connectivity index (χ3v) is 0.331. The fourth-order valence-corrected chi connectivity index (χ4v) is 0.167. The summed E-state index contributed by atoms with van der Waals surface area (Å²) >= 11 is 0. The lowest BCUT2D eigenvalue weighted by atomic mass is 10.6. The predicted molar refractivity (Wildman–Crippen MR) is 32.3 cm³/mol. The van der Waals surface area contributed by atoms with Gasteiger partial charge in [0.25, 0.3) is 0 Å². The van der Waals surface area contributed by atoms with Gasteiger partial charge in [-0.05, 0) is 0 Å². The first-order chi connectivity index (χ1) is 3.91. The van der Waals surface area contributed by atoms with Gasteiger partial charge in [-0.3, -0.25) is 5.10 Å². The fourth-order valence-electron chi connectivity index (χ4n) is 0.167. The second-order valence-electron chi connectivity index (χ2n) is 1.36. The molecule has 1 N–H and O–H groups in total. The van der Waals surface area contributed by atoms with E-state index in [9.17, 15) is 0 Å². The van der Waals surface area contributed by atoms with Crippen LogP contribution < -0.4 is 0 Å². The van der Waals surface area contributed by atoms with Crippen LogP contribution in [0.4, 0.5) is 0 Å². The molecule has 1 rings (SSSR count). The molecule has 0 aliphatic heterocycles. The fraction of sp³-hybridized carbons (Fsp3) is 0.600. The summed E-state index contributed by atoms with van der Waals surface area (Å²) in [5.74, 6) is 0. The summed E-state index contributed by atoms with van der Waals surface area (Å²) < 4.78 is 0. The van der Waals surface area contributed by atoms with Gasteiger partial charge in [0.15, 0.2) is 0 Å². The quantitative estimate of drug-likeness (QED) is 0.549. The smallest absolute Gasteiger partial charge is 0.137 e. The highest BCUT2D eigenvalue weighted by Crippen LogP contribution is 1.56. The van der Waals surface area contributed by atoms with E-state index in [1.807, 2.05) is 0 Å². The van der Waals surface area contributed by atoms with Crippen LogP contribution in [0.15, 0.2) is 12.7 Å². The van der Waals surface area contributed by atoms with Crippen LogP contribution in [0.5, 0.6) is 0 Å². The van der Waals surface area contributed by atoms with Crippen molar-refractivity contribution in [1.29, 1.82) is 0 Å². The Bertz CT molecular complexity index is 74.6. The van der Waals surface area contributed by atoms with Crippen LogP contribution in [0.1, 0.15) is 20.3 Å². The van der Waals surface area contributed by atoms with E-state index in [4.69, 9.17) is 0 Å². The zero-order valence-electron chi connectivity index (χ0n) is 5.26. The third kappa shape index (κ3) is 5.14. The lowest BCUT2D eigenvalue weighted by molar-refractivity contribution is 1.09. The molecule has 0 aliphatic rings. The molecule has 0 spiro atoms. The van der Waals surface area contributed by atoms with Gasteiger partial charge in [-0.15, -0.1) is 0 Å². The highest BCUT2D eigenvalue weighted by molar-refractivity contribution is 4.43. The van der Waals surface area contributed by atoms with Gasteiger partial charge in [-0.25, -0.2) is 4.98 Å². The molecule has 46 valence electrons. The molecule has 3 nitrogen and oxygen atoms in total. The Hall–Kier alpha value is -0.860. The maximum absolute atomic E-state index is 3.56. The molecular formula is C5H11N3. The maximum Gasteiger partial charge on any atom is 0.137 e. The zero-order chi connectivity index (χ0) is 6.24. The van der Waals surface area contributed by atoms with Gasteiger partial charge in [-0.2, -0.15) is 5.10 Å². The molecule has 0 amide bonds. The van der Waals surface area contributed by atoms with Gasteiger partial charge < -0.3 is 0 Å². The Morgan fingerprint density at radius 3 is 2.25 bits per heavy atom. The van der Waals surface area contributed by atoms with E-state index in [-0.39, 0.29) is 0 Å². The Kier molecular flexibility index (Phi) is 5.48. The molecule has 1 aromatic rings. The van der Waals surface area contributed by atoms with E-state index >= 15 is 0 Å². The van der Waals surface area contributed by atoms with Crippen LogP contribution in [-0.2, 0) is 0 Å². The average molecular weight is 113 g/mol. The first-order valence-electron chi connectivity index (χ1n) is 2.70. The molecular weight excluding hydrogens is 102 g/mol. The van der Waals surface area contributed by atoms with Crippen molar-refractivity contribution in [1.82, 2.24) is 15.2 Å². The van der Waals surface area contributed by atoms with Gasteiger partial charge in [-0.1, -0.05) is 20.3 Å². The molecule has 8 heavy (non-hydrogen) atoms. The Morgan fingerprint density at radius 2 is 2.12 bits per heavy atom. The van der Waals surface area contributed by atoms with Crippen molar-refractivity contribution < 1.29 is 0 Å². The number of hydrogen-bond donors (Lipinski definition) is 1. The summed E-state index contributed by atoms with van der Waals surface area (Å²) in [4.78, 5) is 3.56. The van der Waals surface area contributed by atoms with E-state index in [0.717, 1.165) is 0 Å². The number of nitrogens with one attached hydrogen (secondary N) is 1. The summed E-state index contributed by atoms with van der Waals surface area (Å²) in [6, 6.07) is 0. The second kappa shape index (κ2) is 6.14. The lowest BCUT2D eigenvalue weighted by Gasteiger charge is -1.48. The van der Waals surface area contributed by atoms with Crippen molar-refractivity contribution >= 4 is 0 Å². The van der Waals surface area contributed by atoms with Crippen molar-refractivity contribution in [2.45, 2.75) is 20.3 Å². The van der Waals surface area contributed by atoms with E-state index in [0.29, 0.717) is 0 Å². The van der Waals surface area contributed by atoms with E-state index in [1.54, 1.807) is 0 Å². The highest BCUT2D eigenvalue weighted by Gasteiger charge is 1.57. The van der Waals surface area contributed by atoms with Gasteiger partial charge in [0.1, 0.15) is 12.7 Å². The average Bonchev–Trinajstić information content (AvgIpc) is 2.17. The van der Waals surface area contributed by atoms with Gasteiger partial charge >= 0.3 is 0 Å². The largest absolute Gasteiger partial charge is 0.266 e. The Balaban J connectivity index is 0.000000145. The molecule has 0 aromatic carbocycles. The normalized spacial score (nSPS) is 7.25. The van der Waals surface area contributed by atoms with Crippen LogP contribution in [0.25, 0.3) is 0 Å². The molecule has 0 radical (unpaired) electrons. The van der Waals surface area contributed by atoms with Crippen LogP contribution in [0.3, 0.4) is 0 Å². The topological polar surface area (TPSA) is 41.6 Å².